The zero-order valence-corrected chi connectivity index (χ0v) is 34.3. The molecular formula is C50H58N2O2S. The summed E-state index contributed by atoms with van der Waals surface area (Å²) in [6.45, 7) is 9.07. The number of aryl methyl sites for hydroxylation is 4. The molecule has 7 rings (SSSR count). The second-order valence-corrected chi connectivity index (χ2v) is 16.3. The second-order valence-electron chi connectivity index (χ2n) is 15.3. The molecule has 0 radical (unpaired) electrons. The number of nitrogens with zero attached hydrogens (tertiary/aromatic N) is 2. The lowest BCUT2D eigenvalue weighted by atomic mass is 9.94. The van der Waals surface area contributed by atoms with Gasteiger partial charge in [-0.05, 0) is 96.9 Å². The third kappa shape index (κ3) is 8.99. The highest BCUT2D eigenvalue weighted by atomic mass is 32.1. The van der Waals surface area contributed by atoms with Gasteiger partial charge in [0.15, 0.2) is 11.2 Å². The Bertz CT molecular complexity index is 2120. The van der Waals surface area contributed by atoms with E-state index < -0.39 is 0 Å². The highest BCUT2D eigenvalue weighted by Crippen LogP contribution is 2.52. The minimum Gasteiger partial charge on any atom is -0.435 e. The molecule has 0 N–H and O–H groups in total. The number of aromatic nitrogens is 2. The lowest BCUT2D eigenvalue weighted by Gasteiger charge is -2.08. The minimum absolute atomic E-state index is 0.666. The van der Waals surface area contributed by atoms with E-state index in [9.17, 15) is 0 Å². The van der Waals surface area contributed by atoms with Crippen LogP contribution in [0.2, 0.25) is 0 Å². The first-order chi connectivity index (χ1) is 27.1. The van der Waals surface area contributed by atoms with Gasteiger partial charge in [-0.3, -0.25) is 0 Å². The molecule has 0 saturated heterocycles. The average Bonchev–Trinajstić information content (AvgIpc) is 3.95. The van der Waals surface area contributed by atoms with Crippen LogP contribution in [-0.2, 0) is 25.7 Å². The summed E-state index contributed by atoms with van der Waals surface area (Å²) in [7, 11) is 0. The molecule has 0 atom stereocenters. The summed E-state index contributed by atoms with van der Waals surface area (Å²) in [4.78, 5) is 12.7. The molecule has 286 valence electrons. The molecule has 0 fully saturated rings. The van der Waals surface area contributed by atoms with Crippen LogP contribution in [0.4, 0.5) is 0 Å². The van der Waals surface area contributed by atoms with Crippen molar-refractivity contribution in [3.8, 4) is 43.8 Å². The van der Waals surface area contributed by atoms with E-state index in [0.29, 0.717) is 11.8 Å². The SMILES string of the molecule is CCCCCc1cc(CCCCC)c2oc(-c3sc(-c4nc5cc(CCCCC)cc(CCCCC)c5o4)c(-c4ccccc4)c3-c3ccccc3)nc2c1. The Morgan fingerprint density at radius 2 is 0.836 bits per heavy atom. The van der Waals surface area contributed by atoms with Crippen molar-refractivity contribution in [3.05, 3.63) is 107 Å². The van der Waals surface area contributed by atoms with Crippen molar-refractivity contribution in [1.82, 2.24) is 9.97 Å². The molecule has 4 aromatic carbocycles. The molecule has 3 aromatic heterocycles. The molecular weight excluding hydrogens is 693 g/mol. The van der Waals surface area contributed by atoms with Crippen LogP contribution >= 0.6 is 11.3 Å². The maximum atomic E-state index is 6.94. The molecule has 0 aliphatic heterocycles. The van der Waals surface area contributed by atoms with Crippen LogP contribution in [0.3, 0.4) is 0 Å². The second kappa shape index (κ2) is 18.9. The van der Waals surface area contributed by atoms with E-state index in [0.717, 1.165) is 92.7 Å². The predicted octanol–water partition coefficient (Wildman–Crippen LogP) is 15.6. The summed E-state index contributed by atoms with van der Waals surface area (Å²) >= 11 is 1.70. The summed E-state index contributed by atoms with van der Waals surface area (Å²) < 4.78 is 13.9. The van der Waals surface area contributed by atoms with Gasteiger partial charge in [0.2, 0.25) is 11.8 Å². The Balaban J connectivity index is 1.43. The maximum absolute atomic E-state index is 6.94. The molecule has 0 saturated carbocycles. The number of unbranched alkanes of at least 4 members (excludes halogenated alkanes) is 8. The molecule has 0 spiro atoms. The fourth-order valence-electron chi connectivity index (χ4n) is 7.97. The molecule has 0 aliphatic rings. The van der Waals surface area contributed by atoms with Crippen LogP contribution in [0.1, 0.15) is 127 Å². The largest absolute Gasteiger partial charge is 0.435 e. The highest BCUT2D eigenvalue weighted by Gasteiger charge is 2.29. The van der Waals surface area contributed by atoms with Gasteiger partial charge >= 0.3 is 0 Å². The third-order valence-electron chi connectivity index (χ3n) is 10.9. The van der Waals surface area contributed by atoms with Crippen LogP contribution in [0.25, 0.3) is 66.0 Å². The fraction of sp³-hybridized carbons (Fsp3) is 0.400. The Labute approximate surface area is 332 Å². The normalized spacial score (nSPS) is 11.7. The van der Waals surface area contributed by atoms with Gasteiger partial charge in [-0.25, -0.2) is 9.97 Å². The number of fused-ring (bicyclic) bond motifs is 2. The minimum atomic E-state index is 0.666. The summed E-state index contributed by atoms with van der Waals surface area (Å²) in [5.41, 5.74) is 13.5. The monoisotopic (exact) mass is 750 g/mol. The van der Waals surface area contributed by atoms with Gasteiger partial charge in [-0.2, -0.15) is 0 Å². The van der Waals surface area contributed by atoms with Gasteiger partial charge in [0, 0.05) is 11.1 Å². The Morgan fingerprint density at radius 1 is 0.455 bits per heavy atom. The topological polar surface area (TPSA) is 52.1 Å². The Hall–Kier alpha value is -4.48. The third-order valence-corrected chi connectivity index (χ3v) is 12.1. The average molecular weight is 751 g/mol. The van der Waals surface area contributed by atoms with Gasteiger partial charge in [0.1, 0.15) is 11.0 Å². The number of rotatable bonds is 20. The molecule has 0 aliphatic carbocycles. The Morgan fingerprint density at radius 3 is 1.22 bits per heavy atom. The number of hydrogen-bond acceptors (Lipinski definition) is 5. The molecule has 3 heterocycles. The Kier molecular flexibility index (Phi) is 13.3. The number of thiophene rings is 1. The van der Waals surface area contributed by atoms with E-state index in [-0.39, 0.29) is 0 Å². The van der Waals surface area contributed by atoms with Crippen molar-refractivity contribution in [3.63, 3.8) is 0 Å². The molecule has 7 aromatic rings. The predicted molar refractivity (Wildman–Crippen MR) is 234 cm³/mol. The van der Waals surface area contributed by atoms with E-state index in [2.05, 4.69) is 113 Å². The molecule has 0 unspecified atom stereocenters. The van der Waals surface area contributed by atoms with Gasteiger partial charge < -0.3 is 8.83 Å². The maximum Gasteiger partial charge on any atom is 0.238 e. The van der Waals surface area contributed by atoms with E-state index >= 15 is 0 Å². The van der Waals surface area contributed by atoms with Crippen molar-refractivity contribution in [2.75, 3.05) is 0 Å². The number of benzene rings is 4. The summed E-state index contributed by atoms with van der Waals surface area (Å²) in [6, 6.07) is 30.8. The summed E-state index contributed by atoms with van der Waals surface area (Å²) in [5.74, 6) is 1.33. The molecule has 5 heteroatoms. The van der Waals surface area contributed by atoms with Crippen molar-refractivity contribution in [2.24, 2.45) is 0 Å². The first-order valence-corrected chi connectivity index (χ1v) is 22.1. The van der Waals surface area contributed by atoms with E-state index in [1.165, 1.54) is 86.5 Å². The summed E-state index contributed by atoms with van der Waals surface area (Å²) in [6.07, 6.45) is 18.5. The highest BCUT2D eigenvalue weighted by molar-refractivity contribution is 7.20. The zero-order chi connectivity index (χ0) is 38.0. The van der Waals surface area contributed by atoms with Crippen molar-refractivity contribution >= 4 is 33.5 Å². The standard InChI is InChI=1S/C50H58N2O2S/c1-5-9-15-23-35-31-39(29-17-11-7-3)45-41(33-35)51-49(53-45)47-43(37-25-19-13-20-26-37)44(38-27-21-14-22-28-38)48(55-47)50-52-42-34-36(24-16-10-6-2)32-40(46(42)54-50)30-18-12-8-4/h13-14,19-22,25-28,31-34H,5-12,15-18,23-24,29-30H2,1-4H3. The van der Waals surface area contributed by atoms with Crippen LogP contribution in [0.15, 0.2) is 93.8 Å². The number of oxazole rings is 2. The van der Waals surface area contributed by atoms with Gasteiger partial charge in [0.05, 0.1) is 9.75 Å². The molecule has 55 heavy (non-hydrogen) atoms. The van der Waals surface area contributed by atoms with Crippen LogP contribution in [-0.4, -0.2) is 9.97 Å². The molecule has 0 amide bonds. The van der Waals surface area contributed by atoms with Gasteiger partial charge in [-0.1, -0.05) is 152 Å². The molecule has 0 bridgehead atoms. The van der Waals surface area contributed by atoms with Crippen LogP contribution in [0.5, 0.6) is 0 Å². The van der Waals surface area contributed by atoms with Gasteiger partial charge in [-0.15, -0.1) is 11.3 Å². The lowest BCUT2D eigenvalue weighted by molar-refractivity contribution is 0.613. The first kappa shape index (κ1) is 38.8. The summed E-state index contributed by atoms with van der Waals surface area (Å²) in [5, 5.41) is 0. The lowest BCUT2D eigenvalue weighted by Crippen LogP contribution is -1.92. The van der Waals surface area contributed by atoms with E-state index in [1.807, 2.05) is 0 Å². The van der Waals surface area contributed by atoms with Crippen LogP contribution < -0.4 is 0 Å². The fourth-order valence-corrected chi connectivity index (χ4v) is 9.17. The van der Waals surface area contributed by atoms with Crippen molar-refractivity contribution < 1.29 is 8.83 Å². The quantitative estimate of drug-likeness (QED) is 0.0728. The van der Waals surface area contributed by atoms with E-state index in [1.54, 1.807) is 11.3 Å². The van der Waals surface area contributed by atoms with E-state index in [4.69, 9.17) is 18.8 Å². The van der Waals surface area contributed by atoms with Crippen molar-refractivity contribution in [2.45, 2.75) is 130 Å². The molecule has 4 nitrogen and oxygen atoms in total. The first-order valence-electron chi connectivity index (χ1n) is 21.2. The smallest absolute Gasteiger partial charge is 0.238 e. The van der Waals surface area contributed by atoms with Gasteiger partial charge in [0.25, 0.3) is 0 Å². The van der Waals surface area contributed by atoms with Crippen molar-refractivity contribution in [1.29, 1.82) is 0 Å². The number of hydrogen-bond donors (Lipinski definition) is 0. The zero-order valence-electron chi connectivity index (χ0n) is 33.5. The van der Waals surface area contributed by atoms with Crippen LogP contribution in [0, 0.1) is 0 Å².